The second kappa shape index (κ2) is 7.88. The molecule has 0 fully saturated rings. The minimum absolute atomic E-state index is 0.200. The Morgan fingerprint density at radius 2 is 1.97 bits per heavy atom. The fraction of sp³-hybridized carbons (Fsp3) is 0.100. The van der Waals surface area contributed by atoms with E-state index in [0.717, 1.165) is 3.57 Å². The summed E-state index contributed by atoms with van der Waals surface area (Å²) in [5.41, 5.74) is 1.20. The number of hydrogen-bond acceptors (Lipinski definition) is 6. The van der Waals surface area contributed by atoms with Crippen LogP contribution in [0.2, 0.25) is 0 Å². The first kappa shape index (κ1) is 20.0. The van der Waals surface area contributed by atoms with E-state index in [1.165, 1.54) is 23.7 Å². The first-order valence-electron chi connectivity index (χ1n) is 8.52. The van der Waals surface area contributed by atoms with Crippen molar-refractivity contribution in [3.63, 3.8) is 0 Å². The molecule has 2 aromatic carbocycles. The Morgan fingerprint density at radius 3 is 2.66 bits per heavy atom. The Kier molecular flexibility index (Phi) is 5.45. The maximum absolute atomic E-state index is 13.3. The van der Waals surface area contributed by atoms with Gasteiger partial charge in [0.2, 0.25) is 0 Å². The van der Waals surface area contributed by atoms with Gasteiger partial charge in [0.05, 0.1) is 33.5 Å². The van der Waals surface area contributed by atoms with E-state index >= 15 is 0 Å². The Morgan fingerprint density at radius 1 is 1.17 bits per heavy atom. The van der Waals surface area contributed by atoms with Gasteiger partial charge in [-0.2, -0.15) is 0 Å². The molecule has 0 aliphatic heterocycles. The largest absolute Gasteiger partial charge is 0.467 e. The fourth-order valence-corrected chi connectivity index (χ4v) is 5.15. The van der Waals surface area contributed by atoms with Crippen LogP contribution in [0.4, 0.5) is 5.13 Å². The molecule has 6 nitrogen and oxygen atoms in total. The lowest BCUT2D eigenvalue weighted by atomic mass is 10.2. The Labute approximate surface area is 185 Å². The van der Waals surface area contributed by atoms with Gasteiger partial charge in [0.25, 0.3) is 5.91 Å². The number of carbonyl (C=O) groups is 1. The average Bonchev–Trinajstić information content (AvgIpc) is 3.34. The summed E-state index contributed by atoms with van der Waals surface area (Å²) in [4.78, 5) is 19.7. The standard InChI is InChI=1S/C20H15IN2O4S2/c1-29(25,26)14-8-9-17-18(11-14)28-20(22-17)23(12-13-5-4-10-27-13)19(24)15-6-2-3-7-16(15)21/h2-11H,12H2,1H3. The van der Waals surface area contributed by atoms with Crippen molar-refractivity contribution in [1.29, 1.82) is 0 Å². The van der Waals surface area contributed by atoms with Gasteiger partial charge in [0.15, 0.2) is 15.0 Å². The molecule has 0 unspecified atom stereocenters. The fourth-order valence-electron chi connectivity index (χ4n) is 2.80. The molecule has 2 heterocycles. The van der Waals surface area contributed by atoms with Crippen molar-refractivity contribution in [2.75, 3.05) is 11.2 Å². The maximum Gasteiger partial charge on any atom is 0.261 e. The molecule has 9 heteroatoms. The minimum atomic E-state index is -3.33. The van der Waals surface area contributed by atoms with Gasteiger partial charge in [-0.25, -0.2) is 13.4 Å². The number of rotatable bonds is 5. The van der Waals surface area contributed by atoms with Crippen LogP contribution < -0.4 is 4.90 Å². The van der Waals surface area contributed by atoms with Gasteiger partial charge in [-0.3, -0.25) is 9.69 Å². The molecule has 0 aliphatic rings. The highest BCUT2D eigenvalue weighted by atomic mass is 127. The second-order valence-corrected chi connectivity index (χ2v) is 10.5. The number of carbonyl (C=O) groups excluding carboxylic acids is 1. The number of amides is 1. The zero-order valence-corrected chi connectivity index (χ0v) is 19.0. The summed E-state index contributed by atoms with van der Waals surface area (Å²) >= 11 is 3.40. The maximum atomic E-state index is 13.3. The highest BCUT2D eigenvalue weighted by Gasteiger charge is 2.24. The van der Waals surface area contributed by atoms with Gasteiger partial charge in [-0.1, -0.05) is 23.5 Å². The van der Waals surface area contributed by atoms with Crippen LogP contribution in [0, 0.1) is 3.57 Å². The van der Waals surface area contributed by atoms with E-state index in [1.54, 1.807) is 41.5 Å². The van der Waals surface area contributed by atoms with Crippen molar-refractivity contribution >= 4 is 65.0 Å². The summed E-state index contributed by atoms with van der Waals surface area (Å²) in [6, 6.07) is 15.7. The molecule has 0 atom stereocenters. The molecule has 0 N–H and O–H groups in total. The number of nitrogens with zero attached hydrogens (tertiary/aromatic N) is 2. The Balaban J connectivity index is 1.80. The zero-order valence-electron chi connectivity index (χ0n) is 15.2. The smallest absolute Gasteiger partial charge is 0.261 e. The van der Waals surface area contributed by atoms with E-state index in [2.05, 4.69) is 27.6 Å². The lowest BCUT2D eigenvalue weighted by Gasteiger charge is -2.19. The van der Waals surface area contributed by atoms with E-state index in [4.69, 9.17) is 4.42 Å². The number of aromatic nitrogens is 1. The number of fused-ring (bicyclic) bond motifs is 1. The van der Waals surface area contributed by atoms with Gasteiger partial charge in [0, 0.05) is 9.83 Å². The van der Waals surface area contributed by atoms with E-state index in [9.17, 15) is 13.2 Å². The number of halogens is 1. The van der Waals surface area contributed by atoms with Crippen LogP contribution in [0.15, 0.2) is 70.2 Å². The number of anilines is 1. The number of sulfone groups is 1. The molecule has 148 valence electrons. The van der Waals surface area contributed by atoms with Gasteiger partial charge in [-0.05, 0) is 65.1 Å². The predicted octanol–water partition coefficient (Wildman–Crippen LogP) is 4.74. The number of furan rings is 1. The average molecular weight is 538 g/mol. The summed E-state index contributed by atoms with van der Waals surface area (Å²) < 4.78 is 30.7. The molecule has 0 radical (unpaired) electrons. The molecule has 4 aromatic rings. The third-order valence-electron chi connectivity index (χ3n) is 4.25. The molecule has 0 spiro atoms. The molecule has 1 amide bonds. The first-order valence-corrected chi connectivity index (χ1v) is 12.3. The lowest BCUT2D eigenvalue weighted by molar-refractivity contribution is 0.0982. The minimum Gasteiger partial charge on any atom is -0.467 e. The summed E-state index contributed by atoms with van der Waals surface area (Å²) in [7, 11) is -3.33. The van der Waals surface area contributed by atoms with Crippen LogP contribution in [-0.2, 0) is 16.4 Å². The monoisotopic (exact) mass is 538 g/mol. The highest BCUT2D eigenvalue weighted by Crippen LogP contribution is 2.33. The third-order valence-corrected chi connectivity index (χ3v) is 7.34. The molecule has 0 aliphatic carbocycles. The van der Waals surface area contributed by atoms with Crippen LogP contribution in [-0.4, -0.2) is 25.6 Å². The number of thiazole rings is 1. The number of benzene rings is 2. The van der Waals surface area contributed by atoms with Crippen LogP contribution in [0.1, 0.15) is 16.1 Å². The van der Waals surface area contributed by atoms with Crippen LogP contribution >= 0.6 is 33.9 Å². The van der Waals surface area contributed by atoms with Crippen LogP contribution in [0.5, 0.6) is 0 Å². The quantitative estimate of drug-likeness (QED) is 0.343. The summed E-state index contributed by atoms with van der Waals surface area (Å²) in [6.45, 7) is 0.218. The second-order valence-electron chi connectivity index (χ2n) is 6.35. The topological polar surface area (TPSA) is 80.5 Å². The van der Waals surface area contributed by atoms with Crippen molar-refractivity contribution in [3.05, 3.63) is 75.8 Å². The summed E-state index contributed by atoms with van der Waals surface area (Å²) in [6.07, 6.45) is 2.72. The lowest BCUT2D eigenvalue weighted by Crippen LogP contribution is -2.30. The normalized spacial score (nSPS) is 11.7. The molecular formula is C20H15IN2O4S2. The first-order chi connectivity index (χ1) is 13.8. The number of hydrogen-bond donors (Lipinski definition) is 0. The van der Waals surface area contributed by atoms with Gasteiger partial charge in [-0.15, -0.1) is 0 Å². The van der Waals surface area contributed by atoms with Gasteiger partial charge >= 0.3 is 0 Å². The molecule has 2 aromatic heterocycles. The van der Waals surface area contributed by atoms with Crippen molar-refractivity contribution in [3.8, 4) is 0 Å². The Bertz CT molecular complexity index is 1300. The summed E-state index contributed by atoms with van der Waals surface area (Å²) in [5.74, 6) is 0.425. The van der Waals surface area contributed by atoms with Gasteiger partial charge < -0.3 is 4.42 Å². The van der Waals surface area contributed by atoms with Gasteiger partial charge in [0.1, 0.15) is 5.76 Å². The Hall–Kier alpha value is -2.24. The predicted molar refractivity (Wildman–Crippen MR) is 121 cm³/mol. The van der Waals surface area contributed by atoms with E-state index in [1.807, 2.05) is 18.2 Å². The van der Waals surface area contributed by atoms with Crippen molar-refractivity contribution in [1.82, 2.24) is 4.98 Å². The molecule has 0 saturated carbocycles. The van der Waals surface area contributed by atoms with Crippen molar-refractivity contribution in [2.45, 2.75) is 11.4 Å². The van der Waals surface area contributed by atoms with E-state index in [-0.39, 0.29) is 17.3 Å². The third kappa shape index (κ3) is 4.21. The van der Waals surface area contributed by atoms with E-state index < -0.39 is 9.84 Å². The van der Waals surface area contributed by atoms with E-state index in [0.29, 0.717) is 26.7 Å². The summed E-state index contributed by atoms with van der Waals surface area (Å²) in [5, 5.41) is 0.478. The molecule has 0 bridgehead atoms. The van der Waals surface area contributed by atoms with Crippen LogP contribution in [0.3, 0.4) is 0 Å². The molecule has 4 rings (SSSR count). The van der Waals surface area contributed by atoms with Crippen molar-refractivity contribution < 1.29 is 17.6 Å². The molecule has 0 saturated heterocycles. The highest BCUT2D eigenvalue weighted by molar-refractivity contribution is 14.1. The molecular weight excluding hydrogens is 523 g/mol. The van der Waals surface area contributed by atoms with Crippen LogP contribution in [0.25, 0.3) is 10.2 Å². The van der Waals surface area contributed by atoms with Crippen molar-refractivity contribution in [2.24, 2.45) is 0 Å². The zero-order chi connectivity index (χ0) is 20.6. The SMILES string of the molecule is CS(=O)(=O)c1ccc2nc(N(Cc3ccco3)C(=O)c3ccccc3I)sc2c1. The molecule has 29 heavy (non-hydrogen) atoms.